The van der Waals surface area contributed by atoms with Crippen molar-refractivity contribution >= 4 is 11.8 Å². The molecule has 20 heavy (non-hydrogen) atoms. The highest BCUT2D eigenvalue weighted by Gasteiger charge is 2.09. The average Bonchev–Trinajstić information content (AvgIpc) is 2.87. The van der Waals surface area contributed by atoms with Gasteiger partial charge < -0.3 is 15.0 Å². The molecule has 0 atom stereocenters. The number of ether oxygens (including phenoxy) is 1. The number of nitrogens with two attached hydrogens (primary N) is 1. The highest BCUT2D eigenvalue weighted by atomic mass is 32.2. The number of hydrogen-bond donors (Lipinski definition) is 1. The Hall–Kier alpha value is -1.53. The quantitative estimate of drug-likeness (QED) is 0.626. The summed E-state index contributed by atoms with van der Waals surface area (Å²) in [6.07, 6.45) is 0. The third kappa shape index (κ3) is 3.52. The number of thioether (sulfide) groups is 1. The molecule has 108 valence electrons. The van der Waals surface area contributed by atoms with Crippen molar-refractivity contribution in [3.8, 4) is 5.75 Å². The molecule has 1 heterocycles. The molecule has 0 amide bonds. The van der Waals surface area contributed by atoms with Crippen molar-refractivity contribution in [3.63, 3.8) is 0 Å². The molecular formula is C14H20N4OS. The lowest BCUT2D eigenvalue weighted by atomic mass is 10.2. The molecule has 6 heteroatoms. The van der Waals surface area contributed by atoms with Crippen LogP contribution in [0, 0.1) is 6.92 Å². The Morgan fingerprint density at radius 2 is 2.10 bits per heavy atom. The van der Waals surface area contributed by atoms with Gasteiger partial charge in [-0.15, -0.1) is 10.2 Å². The zero-order valence-electron chi connectivity index (χ0n) is 11.9. The number of benzene rings is 1. The van der Waals surface area contributed by atoms with Crippen LogP contribution in [-0.4, -0.2) is 27.1 Å². The van der Waals surface area contributed by atoms with E-state index in [1.54, 1.807) is 11.8 Å². The minimum absolute atomic E-state index is 0.418. The van der Waals surface area contributed by atoms with Crippen molar-refractivity contribution in [3.05, 3.63) is 35.7 Å². The maximum atomic E-state index is 5.76. The molecule has 0 unspecified atom stereocenters. The molecule has 2 N–H and O–H groups in total. The molecule has 1 aromatic heterocycles. The molecule has 0 saturated heterocycles. The van der Waals surface area contributed by atoms with Gasteiger partial charge in [-0.25, -0.2) is 0 Å². The molecular weight excluding hydrogens is 272 g/mol. The first-order valence-electron chi connectivity index (χ1n) is 6.69. The zero-order chi connectivity index (χ0) is 14.4. The van der Waals surface area contributed by atoms with Gasteiger partial charge in [0.05, 0.1) is 13.2 Å². The van der Waals surface area contributed by atoms with Crippen LogP contribution < -0.4 is 10.5 Å². The molecule has 0 fully saturated rings. The van der Waals surface area contributed by atoms with Crippen molar-refractivity contribution < 1.29 is 4.74 Å². The van der Waals surface area contributed by atoms with Gasteiger partial charge in [0, 0.05) is 12.3 Å². The Morgan fingerprint density at radius 1 is 1.30 bits per heavy atom. The lowest BCUT2D eigenvalue weighted by Gasteiger charge is -2.09. The second kappa shape index (κ2) is 7.31. The van der Waals surface area contributed by atoms with Crippen molar-refractivity contribution in [2.24, 2.45) is 5.73 Å². The summed E-state index contributed by atoms with van der Waals surface area (Å²) in [6.45, 7) is 6.01. The fourth-order valence-corrected chi connectivity index (χ4v) is 2.74. The van der Waals surface area contributed by atoms with Crippen LogP contribution in [-0.2, 0) is 13.1 Å². The van der Waals surface area contributed by atoms with E-state index in [9.17, 15) is 0 Å². The maximum absolute atomic E-state index is 5.76. The van der Waals surface area contributed by atoms with Crippen molar-refractivity contribution in [2.45, 2.75) is 32.1 Å². The van der Waals surface area contributed by atoms with Gasteiger partial charge in [0.15, 0.2) is 5.16 Å². The van der Waals surface area contributed by atoms with Crippen LogP contribution in [0.5, 0.6) is 5.75 Å². The molecule has 0 aliphatic carbocycles. The van der Waals surface area contributed by atoms with Gasteiger partial charge >= 0.3 is 0 Å². The molecule has 0 aliphatic rings. The summed E-state index contributed by atoms with van der Waals surface area (Å²) in [4.78, 5) is 0. The molecule has 2 rings (SSSR count). The van der Waals surface area contributed by atoms with Gasteiger partial charge in [0.1, 0.15) is 11.6 Å². The lowest BCUT2D eigenvalue weighted by Crippen LogP contribution is -2.08. The van der Waals surface area contributed by atoms with Gasteiger partial charge in [0.2, 0.25) is 0 Å². The van der Waals surface area contributed by atoms with Gasteiger partial charge in [-0.1, -0.05) is 30.0 Å². The molecule has 5 nitrogen and oxygen atoms in total. The van der Waals surface area contributed by atoms with Crippen LogP contribution in [0.25, 0.3) is 0 Å². The van der Waals surface area contributed by atoms with E-state index in [2.05, 4.69) is 17.1 Å². The first-order chi connectivity index (χ1) is 9.76. The van der Waals surface area contributed by atoms with Crippen LogP contribution in [0.3, 0.4) is 0 Å². The Morgan fingerprint density at radius 3 is 2.80 bits per heavy atom. The number of rotatable bonds is 7. The molecule has 0 spiro atoms. The molecule has 0 radical (unpaired) electrons. The Kier molecular flexibility index (Phi) is 5.43. The summed E-state index contributed by atoms with van der Waals surface area (Å²) in [5.41, 5.74) is 6.78. The second-order valence-corrected chi connectivity index (χ2v) is 5.37. The minimum Gasteiger partial charge on any atom is -0.492 e. The van der Waals surface area contributed by atoms with Crippen LogP contribution in [0.4, 0.5) is 0 Å². The predicted octanol–water partition coefficient (Wildman–Crippen LogP) is 2.24. The average molecular weight is 292 g/mol. The van der Waals surface area contributed by atoms with E-state index in [-0.39, 0.29) is 0 Å². The Bertz CT molecular complexity index is 556. The van der Waals surface area contributed by atoms with E-state index in [1.807, 2.05) is 35.8 Å². The number of hydrogen-bond acceptors (Lipinski definition) is 5. The largest absolute Gasteiger partial charge is 0.492 e. The van der Waals surface area contributed by atoms with Crippen LogP contribution >= 0.6 is 11.8 Å². The number of aromatic nitrogens is 3. The van der Waals surface area contributed by atoms with Gasteiger partial charge in [-0.3, -0.25) is 0 Å². The minimum atomic E-state index is 0.418. The molecule has 0 bridgehead atoms. The number of nitrogens with zero attached hydrogens (tertiary/aromatic N) is 3. The summed E-state index contributed by atoms with van der Waals surface area (Å²) in [5, 5.41) is 9.15. The first-order valence-corrected chi connectivity index (χ1v) is 7.68. The lowest BCUT2D eigenvalue weighted by molar-refractivity contribution is 0.341. The van der Waals surface area contributed by atoms with E-state index in [0.29, 0.717) is 13.2 Å². The summed E-state index contributed by atoms with van der Waals surface area (Å²) >= 11 is 1.64. The normalized spacial score (nSPS) is 10.8. The predicted molar refractivity (Wildman–Crippen MR) is 81.0 cm³/mol. The number of para-hydroxylation sites is 1. The standard InChI is InChI=1S/C14H20N4OS/c1-3-18-13(10-15)16-17-14(18)20-9-8-19-12-7-5-4-6-11(12)2/h4-7H,3,8-10,15H2,1-2H3. The topological polar surface area (TPSA) is 66.0 Å². The smallest absolute Gasteiger partial charge is 0.191 e. The number of aryl methyl sites for hydroxylation is 1. The monoisotopic (exact) mass is 292 g/mol. The zero-order valence-corrected chi connectivity index (χ0v) is 12.7. The van der Waals surface area contributed by atoms with E-state index in [4.69, 9.17) is 10.5 Å². The summed E-state index contributed by atoms with van der Waals surface area (Å²) in [6, 6.07) is 8.02. The molecule has 2 aromatic rings. The summed E-state index contributed by atoms with van der Waals surface area (Å²) in [7, 11) is 0. The van der Waals surface area contributed by atoms with Crippen LogP contribution in [0.1, 0.15) is 18.3 Å². The molecule has 1 aromatic carbocycles. The highest BCUT2D eigenvalue weighted by molar-refractivity contribution is 7.99. The van der Waals surface area contributed by atoms with E-state index < -0.39 is 0 Å². The SMILES string of the molecule is CCn1c(CN)nnc1SCCOc1ccccc1C. The van der Waals surface area contributed by atoms with Crippen molar-refractivity contribution in [1.82, 2.24) is 14.8 Å². The summed E-state index contributed by atoms with van der Waals surface area (Å²) < 4.78 is 7.80. The Balaban J connectivity index is 1.85. The van der Waals surface area contributed by atoms with Crippen LogP contribution in [0.15, 0.2) is 29.4 Å². The van der Waals surface area contributed by atoms with E-state index in [1.165, 1.54) is 0 Å². The van der Waals surface area contributed by atoms with E-state index >= 15 is 0 Å². The van der Waals surface area contributed by atoms with Gasteiger partial charge in [-0.05, 0) is 25.5 Å². The third-order valence-electron chi connectivity index (χ3n) is 2.96. The maximum Gasteiger partial charge on any atom is 0.191 e. The fraction of sp³-hybridized carbons (Fsp3) is 0.429. The van der Waals surface area contributed by atoms with Gasteiger partial charge in [-0.2, -0.15) is 0 Å². The molecule has 0 saturated carbocycles. The molecule has 0 aliphatic heterocycles. The Labute approximate surface area is 123 Å². The van der Waals surface area contributed by atoms with Crippen LogP contribution in [0.2, 0.25) is 0 Å². The van der Waals surface area contributed by atoms with Crippen molar-refractivity contribution in [2.75, 3.05) is 12.4 Å². The second-order valence-electron chi connectivity index (χ2n) is 4.31. The third-order valence-corrected chi connectivity index (χ3v) is 3.89. The highest BCUT2D eigenvalue weighted by Crippen LogP contribution is 2.19. The fourth-order valence-electron chi connectivity index (χ4n) is 1.90. The summed E-state index contributed by atoms with van der Waals surface area (Å²) in [5.74, 6) is 2.60. The van der Waals surface area contributed by atoms with Gasteiger partial charge in [0.25, 0.3) is 0 Å². The van der Waals surface area contributed by atoms with Crippen molar-refractivity contribution in [1.29, 1.82) is 0 Å². The first kappa shape index (κ1) is 14.9. The van der Waals surface area contributed by atoms with E-state index in [0.717, 1.165) is 34.6 Å².